The van der Waals surface area contributed by atoms with E-state index in [-0.39, 0.29) is 0 Å². The van der Waals surface area contributed by atoms with Gasteiger partial charge in [0.2, 0.25) is 0 Å². The van der Waals surface area contributed by atoms with E-state index in [2.05, 4.69) is 10.2 Å². The lowest BCUT2D eigenvalue weighted by molar-refractivity contribution is -0.0445. The van der Waals surface area contributed by atoms with Crippen LogP contribution in [0.25, 0.3) is 0 Å². The molecule has 2 aliphatic rings. The molecule has 29 heavy (non-hydrogen) atoms. The topological polar surface area (TPSA) is 80.3 Å². The lowest BCUT2D eigenvalue weighted by atomic mass is 9.82. The van der Waals surface area contributed by atoms with Gasteiger partial charge >= 0.3 is 6.09 Å². The maximum atomic E-state index is 12.0. The van der Waals surface area contributed by atoms with E-state index in [9.17, 15) is 9.90 Å². The number of carbonyl (C=O) groups excluding carboxylic acids is 1. The third-order valence-electron chi connectivity index (χ3n) is 5.83. The molecule has 0 saturated carbocycles. The minimum absolute atomic E-state index is 0.400. The molecular formula is C22H26N2O5. The number of β-amino-alcohol motifs (C(OH)–C–C–N with tert-alkyl or cyclic N) is 1. The minimum atomic E-state index is -0.647. The summed E-state index contributed by atoms with van der Waals surface area (Å²) in [6.07, 6.45) is 0.334. The summed E-state index contributed by atoms with van der Waals surface area (Å²) in [5.41, 5.74) is 2.04. The van der Waals surface area contributed by atoms with Crippen molar-refractivity contribution in [2.75, 3.05) is 39.2 Å². The van der Waals surface area contributed by atoms with Gasteiger partial charge in [0, 0.05) is 38.0 Å². The number of nitrogens with zero attached hydrogens (tertiary/aromatic N) is 1. The van der Waals surface area contributed by atoms with Crippen molar-refractivity contribution in [3.63, 3.8) is 0 Å². The van der Waals surface area contributed by atoms with Crippen molar-refractivity contribution < 1.29 is 24.1 Å². The average molecular weight is 398 g/mol. The first kappa shape index (κ1) is 19.5. The Hall–Kier alpha value is -2.77. The Balaban J connectivity index is 1.44. The van der Waals surface area contributed by atoms with Crippen LogP contribution in [0, 0.1) is 0 Å². The number of ether oxygens (including phenoxy) is 3. The van der Waals surface area contributed by atoms with Crippen molar-refractivity contribution in [3.05, 3.63) is 53.6 Å². The minimum Gasteiger partial charge on any atom is -0.493 e. The number of para-hydroxylation sites is 1. The largest absolute Gasteiger partial charge is 0.493 e. The summed E-state index contributed by atoms with van der Waals surface area (Å²) in [4.78, 5) is 14.2. The molecule has 2 aromatic carbocycles. The zero-order valence-electron chi connectivity index (χ0n) is 16.7. The molecule has 1 fully saturated rings. The molecule has 7 heteroatoms. The molecule has 1 atom stereocenters. The lowest BCUT2D eigenvalue weighted by Gasteiger charge is -2.44. The average Bonchev–Trinajstić information content (AvgIpc) is 2.74. The maximum Gasteiger partial charge on any atom is 0.412 e. The second-order valence-electron chi connectivity index (χ2n) is 7.49. The number of hydrogen-bond acceptors (Lipinski definition) is 6. The molecule has 2 heterocycles. The molecule has 1 saturated heterocycles. The van der Waals surface area contributed by atoms with Crippen LogP contribution >= 0.6 is 0 Å². The molecule has 4 rings (SSSR count). The maximum absolute atomic E-state index is 12.0. The van der Waals surface area contributed by atoms with E-state index in [1.165, 1.54) is 0 Å². The van der Waals surface area contributed by atoms with Crippen LogP contribution in [0.1, 0.15) is 30.1 Å². The third kappa shape index (κ3) is 3.75. The van der Waals surface area contributed by atoms with Gasteiger partial charge in [-0.2, -0.15) is 0 Å². The predicted molar refractivity (Wildman–Crippen MR) is 108 cm³/mol. The van der Waals surface area contributed by atoms with Crippen LogP contribution in [-0.4, -0.2) is 50.0 Å². The van der Waals surface area contributed by atoms with Crippen molar-refractivity contribution >= 4 is 11.8 Å². The van der Waals surface area contributed by atoms with E-state index in [1.54, 1.807) is 26.4 Å². The van der Waals surface area contributed by atoms with Crippen LogP contribution in [0.2, 0.25) is 0 Å². The standard InChI is InChI=1S/C22H26N2O5/c1-27-19-8-7-15(13-20(19)28-2)18(25)14-24-11-9-22(10-12-24)16-5-3-4-6-17(16)23-21(26)29-22/h3-8,13,18,25H,9-12,14H2,1-2H3,(H,23,26). The molecular weight excluding hydrogens is 372 g/mol. The second kappa shape index (κ2) is 7.93. The van der Waals surface area contributed by atoms with Crippen LogP contribution in [0.4, 0.5) is 10.5 Å². The number of amides is 1. The number of piperidine rings is 1. The van der Waals surface area contributed by atoms with E-state index in [4.69, 9.17) is 14.2 Å². The normalized spacial score (nSPS) is 19.1. The highest BCUT2D eigenvalue weighted by atomic mass is 16.6. The molecule has 7 nitrogen and oxygen atoms in total. The van der Waals surface area contributed by atoms with E-state index < -0.39 is 17.8 Å². The van der Waals surface area contributed by atoms with Gasteiger partial charge in [-0.1, -0.05) is 24.3 Å². The number of nitrogens with one attached hydrogen (secondary N) is 1. The summed E-state index contributed by atoms with van der Waals surface area (Å²) in [6, 6.07) is 13.3. The Bertz CT molecular complexity index is 893. The van der Waals surface area contributed by atoms with Gasteiger partial charge in [-0.15, -0.1) is 0 Å². The van der Waals surface area contributed by atoms with Crippen molar-refractivity contribution in [1.29, 1.82) is 0 Å². The van der Waals surface area contributed by atoms with Crippen molar-refractivity contribution in [1.82, 2.24) is 4.90 Å². The third-order valence-corrected chi connectivity index (χ3v) is 5.83. The molecule has 2 aromatic rings. The Morgan fingerprint density at radius 1 is 1.14 bits per heavy atom. The van der Waals surface area contributed by atoms with Crippen LogP contribution in [-0.2, 0) is 10.3 Å². The summed E-state index contributed by atoms with van der Waals surface area (Å²) < 4.78 is 16.4. The van der Waals surface area contributed by atoms with Crippen molar-refractivity contribution in [2.24, 2.45) is 0 Å². The number of aliphatic hydroxyl groups excluding tert-OH is 1. The predicted octanol–water partition coefficient (Wildman–Crippen LogP) is 3.29. The summed E-state index contributed by atoms with van der Waals surface area (Å²) in [6.45, 7) is 1.96. The van der Waals surface area contributed by atoms with Crippen molar-refractivity contribution in [3.8, 4) is 11.5 Å². The zero-order chi connectivity index (χ0) is 20.4. The second-order valence-corrected chi connectivity index (χ2v) is 7.49. The Kier molecular flexibility index (Phi) is 5.34. The van der Waals surface area contributed by atoms with Gasteiger partial charge in [-0.05, 0) is 23.8 Å². The number of aliphatic hydroxyl groups is 1. The van der Waals surface area contributed by atoms with Crippen molar-refractivity contribution in [2.45, 2.75) is 24.5 Å². The smallest absolute Gasteiger partial charge is 0.412 e. The molecule has 1 amide bonds. The number of hydrogen-bond donors (Lipinski definition) is 2. The summed E-state index contributed by atoms with van der Waals surface area (Å²) in [7, 11) is 3.17. The highest BCUT2D eigenvalue weighted by Gasteiger charge is 2.44. The van der Waals surface area contributed by atoms with E-state index in [1.807, 2.05) is 30.3 Å². The van der Waals surface area contributed by atoms with Crippen LogP contribution < -0.4 is 14.8 Å². The Morgan fingerprint density at radius 2 is 1.86 bits per heavy atom. The fraction of sp³-hybridized carbons (Fsp3) is 0.409. The molecule has 2 aliphatic heterocycles. The van der Waals surface area contributed by atoms with Gasteiger partial charge < -0.3 is 24.2 Å². The van der Waals surface area contributed by atoms with E-state index >= 15 is 0 Å². The molecule has 0 radical (unpaired) electrons. The fourth-order valence-electron chi connectivity index (χ4n) is 4.24. The van der Waals surface area contributed by atoms with Gasteiger partial charge in [-0.3, -0.25) is 5.32 Å². The summed E-state index contributed by atoms with van der Waals surface area (Å²) in [5.74, 6) is 1.23. The molecule has 2 N–H and O–H groups in total. The number of fused-ring (bicyclic) bond motifs is 2. The zero-order valence-corrected chi connectivity index (χ0v) is 16.7. The molecule has 0 aromatic heterocycles. The highest BCUT2D eigenvalue weighted by Crippen LogP contribution is 2.43. The molecule has 0 bridgehead atoms. The molecule has 1 unspecified atom stereocenters. The Labute approximate surface area is 170 Å². The van der Waals surface area contributed by atoms with Gasteiger partial charge in [0.15, 0.2) is 11.5 Å². The van der Waals surface area contributed by atoms with E-state index in [0.29, 0.717) is 30.9 Å². The number of methoxy groups -OCH3 is 2. The van der Waals surface area contributed by atoms with Gasteiger partial charge in [0.05, 0.1) is 26.0 Å². The Morgan fingerprint density at radius 3 is 2.59 bits per heavy atom. The van der Waals surface area contributed by atoms with Gasteiger partial charge in [0.25, 0.3) is 0 Å². The first-order valence-electron chi connectivity index (χ1n) is 9.76. The quantitative estimate of drug-likeness (QED) is 0.805. The van der Waals surface area contributed by atoms with Gasteiger partial charge in [-0.25, -0.2) is 4.79 Å². The number of benzene rings is 2. The summed E-state index contributed by atoms with van der Waals surface area (Å²) >= 11 is 0. The SMILES string of the molecule is COc1ccc(C(O)CN2CCC3(CC2)OC(=O)Nc2ccccc23)cc1OC. The van der Waals surface area contributed by atoms with Crippen LogP contribution in [0.5, 0.6) is 11.5 Å². The van der Waals surface area contributed by atoms with Crippen LogP contribution in [0.3, 0.4) is 0 Å². The monoisotopic (exact) mass is 398 g/mol. The number of anilines is 1. The molecule has 1 spiro atoms. The molecule has 0 aliphatic carbocycles. The fourth-order valence-corrected chi connectivity index (χ4v) is 4.24. The highest BCUT2D eigenvalue weighted by molar-refractivity contribution is 5.88. The number of rotatable bonds is 5. The van der Waals surface area contributed by atoms with Gasteiger partial charge in [0.1, 0.15) is 5.60 Å². The number of carbonyl (C=O) groups is 1. The molecule has 154 valence electrons. The van der Waals surface area contributed by atoms with Crippen LogP contribution in [0.15, 0.2) is 42.5 Å². The lowest BCUT2D eigenvalue weighted by Crippen LogP contribution is -2.49. The van der Waals surface area contributed by atoms with E-state index in [0.717, 1.165) is 29.9 Å². The summed E-state index contributed by atoms with van der Waals surface area (Å²) in [5, 5.41) is 13.5. The first-order valence-corrected chi connectivity index (χ1v) is 9.76. The number of likely N-dealkylation sites (tertiary alicyclic amines) is 1. The first-order chi connectivity index (χ1) is 14.0.